The molecule has 130 valence electrons. The van der Waals surface area contributed by atoms with E-state index in [-0.39, 0.29) is 5.91 Å². The van der Waals surface area contributed by atoms with E-state index in [1.807, 2.05) is 13.8 Å². The Kier molecular flexibility index (Phi) is 5.44. The molecule has 2 N–H and O–H groups in total. The number of fused-ring (bicyclic) bond motifs is 1. The summed E-state index contributed by atoms with van der Waals surface area (Å²) in [6.07, 6.45) is 5.02. The number of imidazole rings is 1. The summed E-state index contributed by atoms with van der Waals surface area (Å²) in [5, 5.41) is 3.68. The molecule has 8 heteroatoms. The Morgan fingerprint density at radius 1 is 1.33 bits per heavy atom. The molecule has 0 atom stereocenters. The van der Waals surface area contributed by atoms with Gasteiger partial charge in [-0.2, -0.15) is 4.37 Å². The number of amides is 1. The molecule has 0 bridgehead atoms. The van der Waals surface area contributed by atoms with Gasteiger partial charge in [-0.25, -0.2) is 9.97 Å². The molecule has 2 aromatic heterocycles. The second-order valence-corrected chi connectivity index (χ2v) is 6.80. The van der Waals surface area contributed by atoms with Crippen LogP contribution in [0, 0.1) is 6.92 Å². The molecular weight excluding hydrogens is 324 g/mol. The zero-order chi connectivity index (χ0) is 16.9. The Balaban J connectivity index is 1.71. The van der Waals surface area contributed by atoms with Gasteiger partial charge in [0, 0.05) is 36.7 Å². The highest BCUT2D eigenvalue weighted by Crippen LogP contribution is 2.22. The van der Waals surface area contributed by atoms with E-state index >= 15 is 0 Å². The van der Waals surface area contributed by atoms with Gasteiger partial charge in [0.05, 0.1) is 12.2 Å². The highest BCUT2D eigenvalue weighted by Gasteiger charge is 2.18. The first-order valence-corrected chi connectivity index (χ1v) is 9.31. The molecule has 2 aromatic rings. The second kappa shape index (κ2) is 7.74. The first-order valence-electron chi connectivity index (χ1n) is 8.54. The van der Waals surface area contributed by atoms with Crippen LogP contribution in [0.3, 0.4) is 0 Å². The number of aromatic nitrogens is 4. The van der Waals surface area contributed by atoms with Crippen molar-refractivity contribution in [2.24, 2.45) is 0 Å². The summed E-state index contributed by atoms with van der Waals surface area (Å²) in [5.41, 5.74) is 2.47. The van der Waals surface area contributed by atoms with Crippen LogP contribution in [0.2, 0.25) is 0 Å². The normalized spacial score (nSPS) is 13.6. The van der Waals surface area contributed by atoms with Crippen molar-refractivity contribution in [1.29, 1.82) is 0 Å². The number of aromatic amines is 1. The summed E-state index contributed by atoms with van der Waals surface area (Å²) in [6.45, 7) is 5.69. The maximum absolute atomic E-state index is 11.8. The number of hydrogen-bond donors (Lipinski definition) is 2. The van der Waals surface area contributed by atoms with Crippen LogP contribution in [0.5, 0.6) is 0 Å². The van der Waals surface area contributed by atoms with Crippen molar-refractivity contribution in [1.82, 2.24) is 24.6 Å². The minimum absolute atomic E-state index is 0.0578. The summed E-state index contributed by atoms with van der Waals surface area (Å²) in [5.74, 6) is 1.77. The molecule has 1 aliphatic carbocycles. The summed E-state index contributed by atoms with van der Waals surface area (Å²) in [7, 11) is 0. The number of nitrogens with one attached hydrogen (secondary N) is 2. The third kappa shape index (κ3) is 4.11. The van der Waals surface area contributed by atoms with Crippen LogP contribution >= 0.6 is 11.5 Å². The van der Waals surface area contributed by atoms with Crippen LogP contribution in [-0.4, -0.2) is 38.3 Å². The van der Waals surface area contributed by atoms with Gasteiger partial charge in [0.25, 0.3) is 0 Å². The van der Waals surface area contributed by atoms with Crippen molar-refractivity contribution in [2.75, 3.05) is 18.0 Å². The zero-order valence-corrected chi connectivity index (χ0v) is 15.1. The number of hydrogen-bond acceptors (Lipinski definition) is 6. The molecule has 0 saturated carbocycles. The number of rotatable bonds is 7. The van der Waals surface area contributed by atoms with Gasteiger partial charge in [0.15, 0.2) is 0 Å². The number of nitrogens with zero attached hydrogens (tertiary/aromatic N) is 4. The Hall–Kier alpha value is -1.96. The molecule has 0 fully saturated rings. The average molecular weight is 348 g/mol. The van der Waals surface area contributed by atoms with E-state index in [1.165, 1.54) is 35.8 Å². The standard InChI is InChI=1S/C16H24N6OS/c1-3-17-15(23)8-9-22(16-18-11(2)21-24-16)10-14-19-12-6-4-5-7-13(12)20-14/h3-10H2,1-2H3,(H,17,23)(H,19,20). The molecule has 2 heterocycles. The molecule has 0 spiro atoms. The lowest BCUT2D eigenvalue weighted by Gasteiger charge is -2.19. The fraction of sp³-hybridized carbons (Fsp3) is 0.625. The molecule has 24 heavy (non-hydrogen) atoms. The molecule has 1 amide bonds. The summed E-state index contributed by atoms with van der Waals surface area (Å²) in [6, 6.07) is 0. The van der Waals surface area contributed by atoms with Gasteiger partial charge in [-0.1, -0.05) is 0 Å². The Bertz CT molecular complexity index is 671. The van der Waals surface area contributed by atoms with Gasteiger partial charge in [-0.3, -0.25) is 4.79 Å². The number of aryl methyl sites for hydroxylation is 3. The number of H-pyrrole nitrogens is 1. The van der Waals surface area contributed by atoms with E-state index in [9.17, 15) is 4.79 Å². The average Bonchev–Trinajstić information content (AvgIpc) is 3.17. The highest BCUT2D eigenvalue weighted by atomic mass is 32.1. The molecule has 3 rings (SSSR count). The monoisotopic (exact) mass is 348 g/mol. The first-order chi connectivity index (χ1) is 11.7. The van der Waals surface area contributed by atoms with E-state index in [0.717, 1.165) is 29.6 Å². The van der Waals surface area contributed by atoms with Crippen LogP contribution in [0.1, 0.15) is 49.2 Å². The summed E-state index contributed by atoms with van der Waals surface area (Å²) >= 11 is 1.37. The van der Waals surface area contributed by atoms with E-state index in [0.29, 0.717) is 26.1 Å². The molecule has 0 aliphatic heterocycles. The van der Waals surface area contributed by atoms with Crippen LogP contribution in [-0.2, 0) is 24.2 Å². The van der Waals surface area contributed by atoms with Gasteiger partial charge >= 0.3 is 0 Å². The third-order valence-electron chi connectivity index (χ3n) is 4.11. The van der Waals surface area contributed by atoms with Crippen molar-refractivity contribution in [3.63, 3.8) is 0 Å². The van der Waals surface area contributed by atoms with Gasteiger partial charge in [-0.05, 0) is 39.5 Å². The predicted octanol–water partition coefficient (Wildman–Crippen LogP) is 1.98. The lowest BCUT2D eigenvalue weighted by molar-refractivity contribution is -0.120. The first kappa shape index (κ1) is 16.9. The largest absolute Gasteiger partial charge is 0.356 e. The lowest BCUT2D eigenvalue weighted by atomic mass is 10.0. The fourth-order valence-electron chi connectivity index (χ4n) is 2.95. The SMILES string of the molecule is CCNC(=O)CCN(Cc1nc2c([nH]1)CCCC2)c1nc(C)ns1. The number of carbonyl (C=O) groups is 1. The quantitative estimate of drug-likeness (QED) is 0.799. The highest BCUT2D eigenvalue weighted by molar-refractivity contribution is 7.09. The van der Waals surface area contributed by atoms with E-state index in [2.05, 4.69) is 24.6 Å². The zero-order valence-electron chi connectivity index (χ0n) is 14.3. The minimum atomic E-state index is 0.0578. The van der Waals surface area contributed by atoms with Crippen LogP contribution in [0.15, 0.2) is 0 Å². The van der Waals surface area contributed by atoms with Crippen molar-refractivity contribution in [3.05, 3.63) is 23.0 Å². The van der Waals surface area contributed by atoms with Crippen LogP contribution in [0.25, 0.3) is 0 Å². The second-order valence-electron chi connectivity index (χ2n) is 6.07. The van der Waals surface area contributed by atoms with Crippen molar-refractivity contribution >= 4 is 22.6 Å². The van der Waals surface area contributed by atoms with Gasteiger partial charge in [0.1, 0.15) is 11.6 Å². The van der Waals surface area contributed by atoms with E-state index < -0.39 is 0 Å². The minimum Gasteiger partial charge on any atom is -0.356 e. The van der Waals surface area contributed by atoms with E-state index in [4.69, 9.17) is 4.98 Å². The molecule has 1 aliphatic rings. The van der Waals surface area contributed by atoms with E-state index in [1.54, 1.807) is 0 Å². The Morgan fingerprint density at radius 3 is 2.88 bits per heavy atom. The maximum atomic E-state index is 11.8. The molecule has 0 saturated heterocycles. The maximum Gasteiger partial charge on any atom is 0.221 e. The lowest BCUT2D eigenvalue weighted by Crippen LogP contribution is -2.30. The van der Waals surface area contributed by atoms with Crippen molar-refractivity contribution < 1.29 is 4.79 Å². The van der Waals surface area contributed by atoms with Crippen molar-refractivity contribution in [2.45, 2.75) is 52.5 Å². The van der Waals surface area contributed by atoms with Crippen LogP contribution < -0.4 is 10.2 Å². The summed E-state index contributed by atoms with van der Waals surface area (Å²) < 4.78 is 4.27. The Labute approximate surface area is 146 Å². The molecule has 0 radical (unpaired) electrons. The fourth-order valence-corrected chi connectivity index (χ4v) is 3.65. The van der Waals surface area contributed by atoms with Gasteiger partial charge in [0.2, 0.25) is 11.0 Å². The molecule has 0 unspecified atom stereocenters. The Morgan fingerprint density at radius 2 is 2.17 bits per heavy atom. The number of carbonyl (C=O) groups excluding carboxylic acids is 1. The van der Waals surface area contributed by atoms with Crippen LogP contribution in [0.4, 0.5) is 5.13 Å². The van der Waals surface area contributed by atoms with Crippen molar-refractivity contribution in [3.8, 4) is 0 Å². The van der Waals surface area contributed by atoms with Gasteiger partial charge in [-0.15, -0.1) is 0 Å². The van der Waals surface area contributed by atoms with Gasteiger partial charge < -0.3 is 15.2 Å². The topological polar surface area (TPSA) is 86.8 Å². The number of anilines is 1. The molecule has 0 aromatic carbocycles. The smallest absolute Gasteiger partial charge is 0.221 e. The third-order valence-corrected chi connectivity index (χ3v) is 4.98. The molecular formula is C16H24N6OS. The molecule has 7 nitrogen and oxygen atoms in total. The predicted molar refractivity (Wildman–Crippen MR) is 94.2 cm³/mol. The summed E-state index contributed by atoms with van der Waals surface area (Å²) in [4.78, 5) is 26.6.